The van der Waals surface area contributed by atoms with Crippen LogP contribution in [0.2, 0.25) is 0 Å². The van der Waals surface area contributed by atoms with Crippen LogP contribution in [0.5, 0.6) is 5.75 Å². The number of carbonyl (C=O) groups excluding carboxylic acids is 1. The number of carbonyl (C=O) groups is 1. The molecule has 1 atom stereocenters. The van der Waals surface area contributed by atoms with E-state index in [0.29, 0.717) is 11.4 Å². The van der Waals surface area contributed by atoms with E-state index in [1.165, 1.54) is 0 Å². The summed E-state index contributed by atoms with van der Waals surface area (Å²) in [5, 5.41) is 11.2. The maximum absolute atomic E-state index is 12.2. The fourth-order valence-corrected chi connectivity index (χ4v) is 3.73. The van der Waals surface area contributed by atoms with Crippen molar-refractivity contribution >= 4 is 6.09 Å². The molecule has 8 heteroatoms. The van der Waals surface area contributed by atoms with Gasteiger partial charge in [-0.1, -0.05) is 48.5 Å². The predicted molar refractivity (Wildman–Crippen MR) is 124 cm³/mol. The van der Waals surface area contributed by atoms with Crippen LogP contribution in [-0.4, -0.2) is 32.2 Å². The highest BCUT2D eigenvalue weighted by atomic mass is 16.5. The van der Waals surface area contributed by atoms with Crippen molar-refractivity contribution in [3.05, 3.63) is 71.6 Å². The van der Waals surface area contributed by atoms with Gasteiger partial charge in [-0.05, 0) is 49.5 Å². The van der Waals surface area contributed by atoms with E-state index in [1.54, 1.807) is 11.7 Å². The van der Waals surface area contributed by atoms with E-state index in [2.05, 4.69) is 34.7 Å². The van der Waals surface area contributed by atoms with Crippen LogP contribution in [0.4, 0.5) is 4.79 Å². The number of pyridine rings is 1. The number of nitrogens with one attached hydrogen (secondary N) is 1. The van der Waals surface area contributed by atoms with Crippen molar-refractivity contribution in [2.24, 2.45) is 7.05 Å². The summed E-state index contributed by atoms with van der Waals surface area (Å²) in [6.45, 7) is 2.49. The lowest BCUT2D eigenvalue weighted by atomic mass is 10.1. The van der Waals surface area contributed by atoms with Crippen molar-refractivity contribution in [2.45, 2.75) is 51.9 Å². The standard InChI is InChI=1S/C25H29N5O3/c1-3-20-23(33-19-12-8-5-9-13-19)15-14-21(27-20)24-22(30(2)29-28-24)16-26-25(31)32-17-18-10-6-4-7-11-18/h4,6-8,10-12,14-15,19H,3,5,9,13,16-17H2,1-2H3,(H,26,31)/t19-/m1/s1. The summed E-state index contributed by atoms with van der Waals surface area (Å²) >= 11 is 0. The zero-order valence-corrected chi connectivity index (χ0v) is 19.0. The molecule has 1 aliphatic rings. The molecule has 0 unspecified atom stereocenters. The van der Waals surface area contributed by atoms with Gasteiger partial charge in [0, 0.05) is 7.05 Å². The molecule has 2 aromatic heterocycles. The Balaban J connectivity index is 1.43. The molecular weight excluding hydrogens is 418 g/mol. The van der Waals surface area contributed by atoms with E-state index in [0.717, 1.165) is 48.4 Å². The van der Waals surface area contributed by atoms with Crippen molar-refractivity contribution in [3.8, 4) is 17.1 Å². The molecule has 3 aromatic rings. The highest BCUT2D eigenvalue weighted by molar-refractivity contribution is 5.68. The molecular formula is C25H29N5O3. The first kappa shape index (κ1) is 22.5. The number of nitrogens with zero attached hydrogens (tertiary/aromatic N) is 4. The number of hydrogen-bond donors (Lipinski definition) is 1. The zero-order valence-electron chi connectivity index (χ0n) is 19.0. The van der Waals surface area contributed by atoms with Crippen LogP contribution in [0, 0.1) is 0 Å². The van der Waals surface area contributed by atoms with E-state index in [4.69, 9.17) is 14.5 Å². The number of allylic oxidation sites excluding steroid dienone is 1. The number of aryl methyl sites for hydroxylation is 2. The molecule has 1 amide bonds. The van der Waals surface area contributed by atoms with Crippen LogP contribution in [0.3, 0.4) is 0 Å². The summed E-state index contributed by atoms with van der Waals surface area (Å²) in [4.78, 5) is 17.0. The Kier molecular flexibility index (Phi) is 7.34. The van der Waals surface area contributed by atoms with E-state index >= 15 is 0 Å². The van der Waals surface area contributed by atoms with Gasteiger partial charge in [-0.15, -0.1) is 5.10 Å². The molecule has 8 nitrogen and oxygen atoms in total. The third-order valence-electron chi connectivity index (χ3n) is 5.55. The SMILES string of the molecule is CCc1nc(-c2nnn(C)c2CNC(=O)OCc2ccccc2)ccc1O[C@@H]1C=CCCC1. The molecule has 2 heterocycles. The van der Waals surface area contributed by atoms with Gasteiger partial charge in [0.2, 0.25) is 0 Å². The minimum absolute atomic E-state index is 0.0925. The number of alkyl carbamates (subject to hydrolysis) is 1. The van der Waals surface area contributed by atoms with Crippen LogP contribution >= 0.6 is 0 Å². The van der Waals surface area contributed by atoms with E-state index in [1.807, 2.05) is 42.5 Å². The third-order valence-corrected chi connectivity index (χ3v) is 5.55. The second-order valence-electron chi connectivity index (χ2n) is 7.93. The van der Waals surface area contributed by atoms with Crippen LogP contribution in [-0.2, 0) is 31.4 Å². The maximum atomic E-state index is 12.2. The van der Waals surface area contributed by atoms with Crippen molar-refractivity contribution in [3.63, 3.8) is 0 Å². The fourth-order valence-electron chi connectivity index (χ4n) is 3.73. The Hall–Kier alpha value is -3.68. The minimum atomic E-state index is -0.502. The fraction of sp³-hybridized carbons (Fsp3) is 0.360. The van der Waals surface area contributed by atoms with Gasteiger partial charge in [0.1, 0.15) is 24.2 Å². The zero-order chi connectivity index (χ0) is 23.0. The molecule has 1 aliphatic carbocycles. The highest BCUT2D eigenvalue weighted by Crippen LogP contribution is 2.27. The van der Waals surface area contributed by atoms with Gasteiger partial charge >= 0.3 is 6.09 Å². The van der Waals surface area contributed by atoms with Gasteiger partial charge in [-0.3, -0.25) is 0 Å². The third kappa shape index (κ3) is 5.77. The maximum Gasteiger partial charge on any atom is 0.407 e. The van der Waals surface area contributed by atoms with Gasteiger partial charge < -0.3 is 14.8 Å². The topological polar surface area (TPSA) is 91.2 Å². The molecule has 33 heavy (non-hydrogen) atoms. The van der Waals surface area contributed by atoms with Crippen LogP contribution in [0.15, 0.2) is 54.6 Å². The molecule has 4 rings (SSSR count). The molecule has 0 saturated carbocycles. The van der Waals surface area contributed by atoms with E-state index in [9.17, 15) is 4.79 Å². The van der Waals surface area contributed by atoms with Crippen LogP contribution < -0.4 is 10.1 Å². The number of hydrogen-bond acceptors (Lipinski definition) is 6. The number of amides is 1. The van der Waals surface area contributed by atoms with Gasteiger partial charge in [0.05, 0.1) is 23.6 Å². The second-order valence-corrected chi connectivity index (χ2v) is 7.93. The lowest BCUT2D eigenvalue weighted by Crippen LogP contribution is -2.25. The van der Waals surface area contributed by atoms with Crippen LogP contribution in [0.1, 0.15) is 43.1 Å². The first-order valence-corrected chi connectivity index (χ1v) is 11.3. The summed E-state index contributed by atoms with van der Waals surface area (Å²) in [6, 6.07) is 13.4. The smallest absolute Gasteiger partial charge is 0.407 e. The molecule has 0 radical (unpaired) electrons. The summed E-state index contributed by atoms with van der Waals surface area (Å²) in [5.41, 5.74) is 3.86. The second kappa shape index (κ2) is 10.8. The van der Waals surface area contributed by atoms with E-state index < -0.39 is 6.09 Å². The molecule has 0 aliphatic heterocycles. The van der Waals surface area contributed by atoms with Gasteiger partial charge in [0.15, 0.2) is 0 Å². The molecule has 0 saturated heterocycles. The van der Waals surface area contributed by atoms with Crippen molar-refractivity contribution < 1.29 is 14.3 Å². The normalized spacial score (nSPS) is 15.3. The minimum Gasteiger partial charge on any atom is -0.484 e. The van der Waals surface area contributed by atoms with Gasteiger partial charge in [-0.2, -0.15) is 0 Å². The Bertz CT molecular complexity index is 1110. The summed E-state index contributed by atoms with van der Waals surface area (Å²) < 4.78 is 13.1. The van der Waals surface area contributed by atoms with Crippen molar-refractivity contribution in [1.29, 1.82) is 0 Å². The highest BCUT2D eigenvalue weighted by Gasteiger charge is 2.18. The summed E-state index contributed by atoms with van der Waals surface area (Å²) in [7, 11) is 1.79. The number of rotatable bonds is 8. The molecule has 0 spiro atoms. The van der Waals surface area contributed by atoms with Gasteiger partial charge in [0.25, 0.3) is 0 Å². The molecule has 0 fully saturated rings. The average molecular weight is 448 g/mol. The lowest BCUT2D eigenvalue weighted by molar-refractivity contribution is 0.139. The van der Waals surface area contributed by atoms with Gasteiger partial charge in [-0.25, -0.2) is 14.5 Å². The lowest BCUT2D eigenvalue weighted by Gasteiger charge is -2.20. The molecule has 1 aromatic carbocycles. The van der Waals surface area contributed by atoms with Crippen LogP contribution in [0.25, 0.3) is 11.4 Å². The monoisotopic (exact) mass is 447 g/mol. The Morgan fingerprint density at radius 2 is 2.06 bits per heavy atom. The molecule has 172 valence electrons. The quantitative estimate of drug-likeness (QED) is 0.516. The number of aromatic nitrogens is 4. The Morgan fingerprint density at radius 3 is 2.82 bits per heavy atom. The largest absolute Gasteiger partial charge is 0.484 e. The summed E-state index contributed by atoms with van der Waals surface area (Å²) in [5.74, 6) is 0.797. The number of ether oxygens (including phenoxy) is 2. The van der Waals surface area contributed by atoms with E-state index in [-0.39, 0.29) is 19.3 Å². The molecule has 0 bridgehead atoms. The number of benzene rings is 1. The van der Waals surface area contributed by atoms with Crippen molar-refractivity contribution in [2.75, 3.05) is 0 Å². The Labute approximate surface area is 193 Å². The average Bonchev–Trinajstić information content (AvgIpc) is 3.23. The first-order valence-electron chi connectivity index (χ1n) is 11.3. The summed E-state index contributed by atoms with van der Waals surface area (Å²) in [6.07, 6.45) is 7.89. The molecule has 1 N–H and O–H groups in total. The Morgan fingerprint density at radius 1 is 1.21 bits per heavy atom. The first-order chi connectivity index (χ1) is 16.1. The van der Waals surface area contributed by atoms with Crippen molar-refractivity contribution in [1.82, 2.24) is 25.3 Å². The predicted octanol–water partition coefficient (Wildman–Crippen LogP) is 4.35.